The Labute approximate surface area is 140 Å². The van der Waals surface area contributed by atoms with Crippen LogP contribution in [0.5, 0.6) is 17.2 Å². The highest BCUT2D eigenvalue weighted by molar-refractivity contribution is 6.06. The van der Waals surface area contributed by atoms with Gasteiger partial charge in [0.05, 0.1) is 5.56 Å². The number of fused-ring (bicyclic) bond motifs is 1. The second-order valence-electron chi connectivity index (χ2n) is 5.40. The van der Waals surface area contributed by atoms with Crippen molar-refractivity contribution in [2.75, 3.05) is 30.1 Å². The molecule has 0 spiro atoms. The molecule has 0 radical (unpaired) electrons. The highest BCUT2D eigenvalue weighted by Crippen LogP contribution is 2.37. The third-order valence-electron chi connectivity index (χ3n) is 3.99. The van der Waals surface area contributed by atoms with E-state index in [1.54, 1.807) is 0 Å². The van der Waals surface area contributed by atoms with Gasteiger partial charge in [-0.1, -0.05) is 0 Å². The van der Waals surface area contributed by atoms with Crippen molar-refractivity contribution < 1.29 is 19.4 Å². The summed E-state index contributed by atoms with van der Waals surface area (Å²) in [5.74, 6) is 0.348. The van der Waals surface area contributed by atoms with E-state index in [1.165, 1.54) is 12.1 Å². The van der Waals surface area contributed by atoms with Crippen LogP contribution < -0.4 is 19.7 Å². The van der Waals surface area contributed by atoms with Crippen molar-refractivity contribution >= 4 is 17.3 Å². The SMILES string of the molecule is CCN(CC)c1ccc(NC(=O)c2cc3c(cc2O)OCO3)cc1. The Bertz CT molecular complexity index is 739. The zero-order valence-electron chi connectivity index (χ0n) is 13.7. The van der Waals surface area contributed by atoms with Crippen molar-refractivity contribution in [1.82, 2.24) is 0 Å². The maximum atomic E-state index is 12.4. The predicted molar refractivity (Wildman–Crippen MR) is 92.2 cm³/mol. The Hall–Kier alpha value is -2.89. The minimum atomic E-state index is -0.401. The van der Waals surface area contributed by atoms with Crippen LogP contribution in [0.25, 0.3) is 0 Å². The molecule has 0 bridgehead atoms. The number of hydrogen-bond donors (Lipinski definition) is 2. The van der Waals surface area contributed by atoms with Crippen LogP contribution in [0.4, 0.5) is 11.4 Å². The molecule has 6 nitrogen and oxygen atoms in total. The van der Waals surface area contributed by atoms with Crippen LogP contribution in [0, 0.1) is 0 Å². The fourth-order valence-electron chi connectivity index (χ4n) is 2.66. The third kappa shape index (κ3) is 3.08. The maximum absolute atomic E-state index is 12.4. The second-order valence-corrected chi connectivity index (χ2v) is 5.40. The minimum Gasteiger partial charge on any atom is -0.507 e. The molecule has 2 aromatic carbocycles. The zero-order valence-corrected chi connectivity index (χ0v) is 13.7. The van der Waals surface area contributed by atoms with Gasteiger partial charge >= 0.3 is 0 Å². The van der Waals surface area contributed by atoms with E-state index in [0.29, 0.717) is 17.2 Å². The maximum Gasteiger partial charge on any atom is 0.259 e. The molecule has 2 N–H and O–H groups in total. The van der Waals surface area contributed by atoms with Crippen LogP contribution in [-0.4, -0.2) is 30.9 Å². The molecule has 1 aliphatic heterocycles. The number of phenolic OH excluding ortho intramolecular Hbond substituents is 1. The zero-order chi connectivity index (χ0) is 17.1. The van der Waals surface area contributed by atoms with Crippen molar-refractivity contribution in [3.63, 3.8) is 0 Å². The summed E-state index contributed by atoms with van der Waals surface area (Å²) in [6.07, 6.45) is 0. The Morgan fingerprint density at radius 1 is 1.12 bits per heavy atom. The molecule has 3 rings (SSSR count). The standard InChI is InChI=1S/C18H20N2O4/c1-3-20(4-2)13-7-5-12(6-8-13)19-18(22)14-9-16-17(10-15(14)21)24-11-23-16/h5-10,21H,3-4,11H2,1-2H3,(H,19,22). The third-order valence-corrected chi connectivity index (χ3v) is 3.99. The van der Waals surface area contributed by atoms with E-state index in [-0.39, 0.29) is 18.1 Å². The van der Waals surface area contributed by atoms with E-state index < -0.39 is 5.91 Å². The minimum absolute atomic E-state index is 0.0899. The van der Waals surface area contributed by atoms with Gasteiger partial charge in [-0.25, -0.2) is 0 Å². The summed E-state index contributed by atoms with van der Waals surface area (Å²) in [7, 11) is 0. The lowest BCUT2D eigenvalue weighted by Crippen LogP contribution is -2.21. The number of carbonyl (C=O) groups is 1. The number of aromatic hydroxyl groups is 1. The molecule has 6 heteroatoms. The fourth-order valence-corrected chi connectivity index (χ4v) is 2.66. The van der Waals surface area contributed by atoms with Gasteiger partial charge in [-0.2, -0.15) is 0 Å². The smallest absolute Gasteiger partial charge is 0.259 e. The first-order valence-electron chi connectivity index (χ1n) is 7.91. The number of ether oxygens (including phenoxy) is 2. The largest absolute Gasteiger partial charge is 0.507 e. The van der Waals surface area contributed by atoms with Gasteiger partial charge in [0.25, 0.3) is 5.91 Å². The molecule has 1 heterocycles. The molecule has 0 saturated carbocycles. The van der Waals surface area contributed by atoms with Crippen molar-refractivity contribution in [1.29, 1.82) is 0 Å². The summed E-state index contributed by atoms with van der Waals surface area (Å²) in [6, 6.07) is 10.5. The summed E-state index contributed by atoms with van der Waals surface area (Å²) >= 11 is 0. The van der Waals surface area contributed by atoms with Crippen molar-refractivity contribution in [3.05, 3.63) is 42.0 Å². The Morgan fingerprint density at radius 3 is 2.38 bits per heavy atom. The Kier molecular flexibility index (Phi) is 4.46. The Morgan fingerprint density at radius 2 is 1.75 bits per heavy atom. The highest BCUT2D eigenvalue weighted by atomic mass is 16.7. The van der Waals surface area contributed by atoms with Gasteiger partial charge in [0, 0.05) is 36.6 Å². The van der Waals surface area contributed by atoms with Gasteiger partial charge in [0.1, 0.15) is 5.75 Å². The average molecular weight is 328 g/mol. The first-order valence-corrected chi connectivity index (χ1v) is 7.91. The van der Waals surface area contributed by atoms with Crippen LogP contribution in [0.2, 0.25) is 0 Å². The van der Waals surface area contributed by atoms with Crippen LogP contribution >= 0.6 is 0 Å². The molecule has 0 aromatic heterocycles. The van der Waals surface area contributed by atoms with Gasteiger partial charge in [0.2, 0.25) is 6.79 Å². The van der Waals surface area contributed by atoms with E-state index in [9.17, 15) is 9.90 Å². The molecule has 0 saturated heterocycles. The molecular formula is C18H20N2O4. The van der Waals surface area contributed by atoms with Crippen molar-refractivity contribution in [2.45, 2.75) is 13.8 Å². The molecule has 1 amide bonds. The van der Waals surface area contributed by atoms with Gasteiger partial charge in [-0.3, -0.25) is 4.79 Å². The molecule has 1 aliphatic rings. The van der Waals surface area contributed by atoms with Crippen LogP contribution in [0.15, 0.2) is 36.4 Å². The van der Waals surface area contributed by atoms with E-state index in [0.717, 1.165) is 18.8 Å². The normalized spacial score (nSPS) is 12.1. The van der Waals surface area contributed by atoms with Crippen LogP contribution in [-0.2, 0) is 0 Å². The number of phenols is 1. The highest BCUT2D eigenvalue weighted by Gasteiger charge is 2.20. The fraction of sp³-hybridized carbons (Fsp3) is 0.278. The molecule has 0 atom stereocenters. The molecule has 0 fully saturated rings. The number of rotatable bonds is 5. The summed E-state index contributed by atoms with van der Waals surface area (Å²) in [4.78, 5) is 14.6. The number of hydrogen-bond acceptors (Lipinski definition) is 5. The number of amides is 1. The van der Waals surface area contributed by atoms with E-state index in [1.807, 2.05) is 24.3 Å². The summed E-state index contributed by atoms with van der Waals surface area (Å²) in [5.41, 5.74) is 1.91. The number of carbonyl (C=O) groups excluding carboxylic acids is 1. The number of nitrogens with one attached hydrogen (secondary N) is 1. The molecular weight excluding hydrogens is 308 g/mol. The molecule has 24 heavy (non-hydrogen) atoms. The lowest BCUT2D eigenvalue weighted by molar-refractivity contribution is 0.102. The number of nitrogens with zero attached hydrogens (tertiary/aromatic N) is 1. The van der Waals surface area contributed by atoms with Gasteiger partial charge in [0.15, 0.2) is 11.5 Å². The van der Waals surface area contributed by atoms with Crippen LogP contribution in [0.3, 0.4) is 0 Å². The second kappa shape index (κ2) is 6.70. The number of benzene rings is 2. The molecule has 0 unspecified atom stereocenters. The van der Waals surface area contributed by atoms with Gasteiger partial charge in [-0.15, -0.1) is 0 Å². The topological polar surface area (TPSA) is 71.0 Å². The lowest BCUT2D eigenvalue weighted by atomic mass is 10.1. The van der Waals surface area contributed by atoms with Crippen molar-refractivity contribution in [2.24, 2.45) is 0 Å². The van der Waals surface area contributed by atoms with Gasteiger partial charge in [-0.05, 0) is 38.1 Å². The monoisotopic (exact) mass is 328 g/mol. The van der Waals surface area contributed by atoms with E-state index in [4.69, 9.17) is 9.47 Å². The molecule has 126 valence electrons. The van der Waals surface area contributed by atoms with Crippen LogP contribution in [0.1, 0.15) is 24.2 Å². The summed E-state index contributed by atoms with van der Waals surface area (Å²) in [6.45, 7) is 6.14. The Balaban J connectivity index is 1.75. The average Bonchev–Trinajstić information content (AvgIpc) is 3.03. The number of anilines is 2. The lowest BCUT2D eigenvalue weighted by Gasteiger charge is -2.21. The van der Waals surface area contributed by atoms with Gasteiger partial charge < -0.3 is 24.8 Å². The summed E-state index contributed by atoms with van der Waals surface area (Å²) in [5, 5.41) is 12.8. The predicted octanol–water partition coefficient (Wildman–Crippen LogP) is 3.22. The van der Waals surface area contributed by atoms with E-state index >= 15 is 0 Å². The molecule has 0 aliphatic carbocycles. The first kappa shape index (κ1) is 16.0. The molecule has 2 aromatic rings. The van der Waals surface area contributed by atoms with Crippen molar-refractivity contribution in [3.8, 4) is 17.2 Å². The first-order chi connectivity index (χ1) is 11.6. The summed E-state index contributed by atoms with van der Waals surface area (Å²) < 4.78 is 10.4. The quantitative estimate of drug-likeness (QED) is 0.882. The van der Waals surface area contributed by atoms with E-state index in [2.05, 4.69) is 24.1 Å².